The third-order valence-corrected chi connectivity index (χ3v) is 5.34. The van der Waals surface area contributed by atoms with Crippen LogP contribution in [0.1, 0.15) is 51.0 Å². The molecule has 1 aliphatic carbocycles. The third kappa shape index (κ3) is 3.98. The summed E-state index contributed by atoms with van der Waals surface area (Å²) in [6.07, 6.45) is 9.05. The van der Waals surface area contributed by atoms with Gasteiger partial charge < -0.3 is 10.5 Å². The Morgan fingerprint density at radius 2 is 2.00 bits per heavy atom. The number of hydrogen-bond acceptors (Lipinski definition) is 2. The summed E-state index contributed by atoms with van der Waals surface area (Å²) in [5, 5.41) is 0. The van der Waals surface area contributed by atoms with E-state index in [1.54, 1.807) is 0 Å². The molecule has 0 bridgehead atoms. The van der Waals surface area contributed by atoms with Crippen molar-refractivity contribution in [1.29, 1.82) is 0 Å². The van der Waals surface area contributed by atoms with Crippen molar-refractivity contribution in [1.82, 2.24) is 0 Å². The summed E-state index contributed by atoms with van der Waals surface area (Å²) < 4.78 is 6.70. The number of aryl methyl sites for hydroxylation is 1. The van der Waals surface area contributed by atoms with Gasteiger partial charge in [0.1, 0.15) is 5.75 Å². The molecule has 20 heavy (non-hydrogen) atoms. The fraction of sp³-hybridized carbons (Fsp3) is 0.647. The van der Waals surface area contributed by atoms with Crippen molar-refractivity contribution in [2.24, 2.45) is 11.1 Å². The van der Waals surface area contributed by atoms with E-state index in [9.17, 15) is 0 Å². The number of benzene rings is 1. The van der Waals surface area contributed by atoms with Gasteiger partial charge in [-0.25, -0.2) is 0 Å². The maximum Gasteiger partial charge on any atom is 0.120 e. The molecule has 0 aliphatic heterocycles. The maximum atomic E-state index is 5.82. The molecule has 1 fully saturated rings. The van der Waals surface area contributed by atoms with Gasteiger partial charge in [0.15, 0.2) is 0 Å². The van der Waals surface area contributed by atoms with Crippen molar-refractivity contribution in [2.75, 3.05) is 13.2 Å². The van der Waals surface area contributed by atoms with Gasteiger partial charge in [-0.1, -0.05) is 34.8 Å². The molecule has 0 amide bonds. The smallest absolute Gasteiger partial charge is 0.120 e. The first-order valence-electron chi connectivity index (χ1n) is 7.80. The van der Waals surface area contributed by atoms with Gasteiger partial charge in [-0.15, -0.1) is 0 Å². The first kappa shape index (κ1) is 15.8. The Hall–Kier alpha value is -0.540. The highest BCUT2D eigenvalue weighted by Gasteiger charge is 2.32. The van der Waals surface area contributed by atoms with Crippen LogP contribution < -0.4 is 10.5 Å². The molecule has 2 N–H and O–H groups in total. The van der Waals surface area contributed by atoms with Crippen LogP contribution in [0.15, 0.2) is 22.7 Å². The predicted molar refractivity (Wildman–Crippen MR) is 88.2 cm³/mol. The van der Waals surface area contributed by atoms with Crippen LogP contribution in [0.2, 0.25) is 0 Å². The minimum atomic E-state index is 0.507. The van der Waals surface area contributed by atoms with E-state index >= 15 is 0 Å². The summed E-state index contributed by atoms with van der Waals surface area (Å²) in [5.74, 6) is 0.945. The summed E-state index contributed by atoms with van der Waals surface area (Å²) >= 11 is 3.68. The highest BCUT2D eigenvalue weighted by atomic mass is 79.9. The van der Waals surface area contributed by atoms with Gasteiger partial charge in [-0.3, -0.25) is 0 Å². The van der Waals surface area contributed by atoms with Crippen LogP contribution in [-0.4, -0.2) is 13.2 Å². The molecule has 1 aromatic carbocycles. The van der Waals surface area contributed by atoms with E-state index in [1.165, 1.54) is 48.6 Å². The fourth-order valence-corrected chi connectivity index (χ4v) is 4.00. The zero-order chi connectivity index (χ0) is 14.4. The number of rotatable bonds is 7. The highest BCUT2D eigenvalue weighted by molar-refractivity contribution is 9.10. The van der Waals surface area contributed by atoms with Crippen molar-refractivity contribution in [3.63, 3.8) is 0 Å². The molecule has 0 atom stereocenters. The van der Waals surface area contributed by atoms with Gasteiger partial charge in [0.05, 0.1) is 6.61 Å². The molecule has 1 saturated carbocycles. The molecule has 0 unspecified atom stereocenters. The van der Waals surface area contributed by atoms with E-state index in [4.69, 9.17) is 10.5 Å². The first-order valence-corrected chi connectivity index (χ1v) is 8.60. The minimum absolute atomic E-state index is 0.507. The van der Waals surface area contributed by atoms with Crippen LogP contribution in [-0.2, 0) is 6.42 Å². The Morgan fingerprint density at radius 1 is 1.25 bits per heavy atom. The second-order valence-corrected chi connectivity index (χ2v) is 6.79. The number of nitrogens with two attached hydrogens (primary N) is 1. The van der Waals surface area contributed by atoms with Crippen LogP contribution in [0, 0.1) is 5.41 Å². The largest absolute Gasteiger partial charge is 0.494 e. The lowest BCUT2D eigenvalue weighted by atomic mass is 9.78. The Kier molecular flexibility index (Phi) is 5.91. The van der Waals surface area contributed by atoms with E-state index < -0.39 is 0 Å². The third-order valence-electron chi connectivity index (χ3n) is 4.60. The number of ether oxygens (including phenoxy) is 1. The lowest BCUT2D eigenvalue weighted by molar-refractivity contribution is 0.253. The standard InChI is InChI=1S/C17H26BrNO/c1-2-20-15-6-5-14(16(18)13-15)7-10-17(11-12-19)8-3-4-9-17/h5-6,13H,2-4,7-12,19H2,1H3. The summed E-state index contributed by atoms with van der Waals surface area (Å²) in [6.45, 7) is 3.55. The molecular weight excluding hydrogens is 314 g/mol. The predicted octanol–water partition coefficient (Wildman–Crippen LogP) is 4.69. The van der Waals surface area contributed by atoms with Gasteiger partial charge in [0.25, 0.3) is 0 Å². The van der Waals surface area contributed by atoms with Crippen LogP contribution in [0.5, 0.6) is 5.75 Å². The van der Waals surface area contributed by atoms with Crippen molar-refractivity contribution >= 4 is 15.9 Å². The SMILES string of the molecule is CCOc1ccc(CCC2(CCN)CCCC2)c(Br)c1. The Balaban J connectivity index is 1.99. The van der Waals surface area contributed by atoms with Gasteiger partial charge in [-0.05, 0) is 68.7 Å². The van der Waals surface area contributed by atoms with Crippen molar-refractivity contribution in [3.05, 3.63) is 28.2 Å². The van der Waals surface area contributed by atoms with Gasteiger partial charge >= 0.3 is 0 Å². The molecule has 2 nitrogen and oxygen atoms in total. The molecule has 0 saturated heterocycles. The van der Waals surface area contributed by atoms with E-state index in [1.807, 2.05) is 6.92 Å². The van der Waals surface area contributed by atoms with Crippen molar-refractivity contribution in [3.8, 4) is 5.75 Å². The molecule has 3 heteroatoms. The normalized spacial score (nSPS) is 17.4. The second-order valence-electron chi connectivity index (χ2n) is 5.93. The molecule has 112 valence electrons. The van der Waals surface area contributed by atoms with Gasteiger partial charge in [0.2, 0.25) is 0 Å². The average Bonchev–Trinajstić information content (AvgIpc) is 2.88. The molecule has 0 spiro atoms. The molecule has 0 aromatic heterocycles. The molecule has 1 aromatic rings. The van der Waals surface area contributed by atoms with Gasteiger partial charge in [0, 0.05) is 4.47 Å². The van der Waals surface area contributed by atoms with E-state index in [-0.39, 0.29) is 0 Å². The lowest BCUT2D eigenvalue weighted by Crippen LogP contribution is -2.21. The first-order chi connectivity index (χ1) is 9.69. The van der Waals surface area contributed by atoms with Crippen molar-refractivity contribution in [2.45, 2.75) is 51.9 Å². The van der Waals surface area contributed by atoms with Gasteiger partial charge in [-0.2, -0.15) is 0 Å². The maximum absolute atomic E-state index is 5.82. The summed E-state index contributed by atoms with van der Waals surface area (Å²) in [7, 11) is 0. The number of halogens is 1. The number of hydrogen-bond donors (Lipinski definition) is 1. The Bertz CT molecular complexity index is 427. The Labute approximate surface area is 131 Å². The molecule has 0 radical (unpaired) electrons. The molecule has 0 heterocycles. The van der Waals surface area contributed by atoms with E-state index in [0.717, 1.165) is 18.7 Å². The zero-order valence-corrected chi connectivity index (χ0v) is 14.0. The van der Waals surface area contributed by atoms with E-state index in [0.29, 0.717) is 12.0 Å². The van der Waals surface area contributed by atoms with Crippen LogP contribution in [0.25, 0.3) is 0 Å². The van der Waals surface area contributed by atoms with Crippen LogP contribution in [0.4, 0.5) is 0 Å². The van der Waals surface area contributed by atoms with Crippen molar-refractivity contribution < 1.29 is 4.74 Å². The average molecular weight is 340 g/mol. The van der Waals surface area contributed by atoms with Crippen LogP contribution >= 0.6 is 15.9 Å². The summed E-state index contributed by atoms with van der Waals surface area (Å²) in [4.78, 5) is 0. The minimum Gasteiger partial charge on any atom is -0.494 e. The lowest BCUT2D eigenvalue weighted by Gasteiger charge is -2.28. The summed E-state index contributed by atoms with van der Waals surface area (Å²) in [6, 6.07) is 6.36. The molecule has 2 rings (SSSR count). The highest BCUT2D eigenvalue weighted by Crippen LogP contribution is 2.44. The molecule has 1 aliphatic rings. The second kappa shape index (κ2) is 7.46. The summed E-state index contributed by atoms with van der Waals surface area (Å²) in [5.41, 5.74) is 7.71. The van der Waals surface area contributed by atoms with E-state index in [2.05, 4.69) is 34.1 Å². The topological polar surface area (TPSA) is 35.2 Å². The quantitative estimate of drug-likeness (QED) is 0.781. The Morgan fingerprint density at radius 3 is 2.60 bits per heavy atom. The fourth-order valence-electron chi connectivity index (χ4n) is 3.44. The monoisotopic (exact) mass is 339 g/mol. The van der Waals surface area contributed by atoms with Crippen LogP contribution in [0.3, 0.4) is 0 Å². The zero-order valence-electron chi connectivity index (χ0n) is 12.5. The molecular formula is C17H26BrNO.